The molecule has 0 unspecified atom stereocenters. The molecule has 0 spiro atoms. The van der Waals surface area contributed by atoms with Gasteiger partial charge in [-0.15, -0.1) is 11.3 Å². The maximum Gasteiger partial charge on any atom is 0.254 e. The van der Waals surface area contributed by atoms with Gasteiger partial charge < -0.3 is 4.90 Å². The molecule has 1 amide bonds. The van der Waals surface area contributed by atoms with Crippen molar-refractivity contribution in [2.24, 2.45) is 0 Å². The number of thiophene rings is 1. The third-order valence-electron chi connectivity index (χ3n) is 2.33. The molecular weight excluding hydrogens is 291 g/mol. The molecule has 0 atom stereocenters. The smallest absolute Gasteiger partial charge is 0.254 e. The predicted molar refractivity (Wildman–Crippen MR) is 74.4 cm³/mol. The Morgan fingerprint density at radius 3 is 2.61 bits per heavy atom. The second kappa shape index (κ2) is 5.69. The van der Waals surface area contributed by atoms with Gasteiger partial charge in [-0.05, 0) is 23.6 Å². The van der Waals surface area contributed by atoms with Crippen LogP contribution in [0, 0.1) is 0 Å². The molecule has 2 heterocycles. The fourth-order valence-corrected chi connectivity index (χ4v) is 2.73. The van der Waals surface area contributed by atoms with Crippen LogP contribution in [0.5, 0.6) is 0 Å². The lowest BCUT2D eigenvalue weighted by Crippen LogP contribution is -2.25. The van der Waals surface area contributed by atoms with E-state index < -0.39 is 0 Å². The molecule has 6 heteroatoms. The van der Waals surface area contributed by atoms with Gasteiger partial charge in [0.25, 0.3) is 5.91 Å². The molecule has 0 aliphatic heterocycles. The molecule has 0 saturated heterocycles. The van der Waals surface area contributed by atoms with Gasteiger partial charge >= 0.3 is 0 Å². The minimum Gasteiger partial charge on any atom is -0.337 e. The highest BCUT2D eigenvalue weighted by atomic mass is 35.5. The van der Waals surface area contributed by atoms with Crippen LogP contribution in [0.2, 0.25) is 10.3 Å². The summed E-state index contributed by atoms with van der Waals surface area (Å²) in [6.07, 6.45) is 0. The first kappa shape index (κ1) is 13.3. The fourth-order valence-electron chi connectivity index (χ4n) is 1.52. The maximum atomic E-state index is 12.2. The van der Waals surface area contributed by atoms with Crippen molar-refractivity contribution in [3.8, 4) is 0 Å². The van der Waals surface area contributed by atoms with Gasteiger partial charge in [-0.25, -0.2) is 4.98 Å². The molecule has 94 valence electrons. The van der Waals surface area contributed by atoms with Crippen LogP contribution in [-0.2, 0) is 6.54 Å². The number of carbonyl (C=O) groups is 1. The van der Waals surface area contributed by atoms with E-state index in [4.69, 9.17) is 23.2 Å². The minimum absolute atomic E-state index is 0.130. The molecule has 0 N–H and O–H groups in total. The first-order chi connectivity index (χ1) is 8.56. The molecule has 0 aromatic carbocycles. The number of nitrogens with zero attached hydrogens (tertiary/aromatic N) is 2. The average Bonchev–Trinajstić information content (AvgIpc) is 2.79. The summed E-state index contributed by atoms with van der Waals surface area (Å²) in [5, 5.41) is 2.42. The largest absolute Gasteiger partial charge is 0.337 e. The fraction of sp³-hybridized carbons (Fsp3) is 0.167. The summed E-state index contributed by atoms with van der Waals surface area (Å²) < 4.78 is 0. The lowest BCUT2D eigenvalue weighted by molar-refractivity contribution is 0.0786. The zero-order valence-electron chi connectivity index (χ0n) is 9.56. The molecule has 0 aliphatic rings. The van der Waals surface area contributed by atoms with Crippen LogP contribution >= 0.6 is 34.5 Å². The summed E-state index contributed by atoms with van der Waals surface area (Å²) in [5.74, 6) is -0.130. The lowest BCUT2D eigenvalue weighted by Gasteiger charge is -2.16. The average molecular weight is 301 g/mol. The molecule has 3 nitrogen and oxygen atoms in total. The van der Waals surface area contributed by atoms with Gasteiger partial charge in [-0.2, -0.15) is 0 Å². The van der Waals surface area contributed by atoms with E-state index in [1.54, 1.807) is 23.3 Å². The Bertz CT molecular complexity index is 537. The number of carbonyl (C=O) groups excluding carboxylic acids is 1. The molecule has 0 radical (unpaired) electrons. The normalized spacial score (nSPS) is 10.4. The SMILES string of the molecule is CN(Cc1cccs1)C(=O)c1cc(Cl)nc(Cl)c1. The summed E-state index contributed by atoms with van der Waals surface area (Å²) >= 11 is 13.2. The van der Waals surface area contributed by atoms with E-state index in [-0.39, 0.29) is 16.2 Å². The molecule has 18 heavy (non-hydrogen) atoms. The maximum absolute atomic E-state index is 12.2. The third kappa shape index (κ3) is 3.22. The molecule has 2 aromatic heterocycles. The van der Waals surface area contributed by atoms with Gasteiger partial charge in [-0.1, -0.05) is 29.3 Å². The second-order valence-corrected chi connectivity index (χ2v) is 5.55. The summed E-state index contributed by atoms with van der Waals surface area (Å²) in [6.45, 7) is 0.564. The van der Waals surface area contributed by atoms with Crippen molar-refractivity contribution in [3.63, 3.8) is 0 Å². The Morgan fingerprint density at radius 2 is 2.06 bits per heavy atom. The zero-order chi connectivity index (χ0) is 13.1. The number of hydrogen-bond donors (Lipinski definition) is 0. The Labute approximate surface area is 119 Å². The monoisotopic (exact) mass is 300 g/mol. The highest BCUT2D eigenvalue weighted by molar-refractivity contribution is 7.09. The van der Waals surface area contributed by atoms with E-state index in [1.165, 1.54) is 12.1 Å². The number of pyridine rings is 1. The van der Waals surface area contributed by atoms with E-state index in [0.717, 1.165) is 4.88 Å². The van der Waals surface area contributed by atoms with Crippen molar-refractivity contribution in [1.82, 2.24) is 9.88 Å². The summed E-state index contributed by atoms with van der Waals surface area (Å²) in [6, 6.07) is 6.97. The number of aromatic nitrogens is 1. The Hall–Kier alpha value is -1.10. The summed E-state index contributed by atoms with van der Waals surface area (Å²) in [4.78, 5) is 18.7. The van der Waals surface area contributed by atoms with Gasteiger partial charge in [0.1, 0.15) is 10.3 Å². The van der Waals surface area contributed by atoms with Crippen LogP contribution in [0.25, 0.3) is 0 Å². The number of amides is 1. The molecule has 2 rings (SSSR count). The summed E-state index contributed by atoms with van der Waals surface area (Å²) in [7, 11) is 1.74. The first-order valence-electron chi connectivity index (χ1n) is 5.17. The van der Waals surface area contributed by atoms with Gasteiger partial charge in [0.05, 0.1) is 6.54 Å². The zero-order valence-corrected chi connectivity index (χ0v) is 11.9. The van der Waals surface area contributed by atoms with Crippen molar-refractivity contribution < 1.29 is 4.79 Å². The molecule has 2 aromatic rings. The van der Waals surface area contributed by atoms with Gasteiger partial charge in [-0.3, -0.25) is 4.79 Å². The van der Waals surface area contributed by atoms with E-state index in [2.05, 4.69) is 4.98 Å². The highest BCUT2D eigenvalue weighted by Gasteiger charge is 2.14. The third-order valence-corrected chi connectivity index (χ3v) is 3.58. The number of rotatable bonds is 3. The Morgan fingerprint density at radius 1 is 1.39 bits per heavy atom. The van der Waals surface area contributed by atoms with Crippen LogP contribution in [0.1, 0.15) is 15.2 Å². The van der Waals surface area contributed by atoms with Crippen molar-refractivity contribution in [3.05, 3.63) is 50.4 Å². The van der Waals surface area contributed by atoms with Crippen molar-refractivity contribution >= 4 is 40.4 Å². The van der Waals surface area contributed by atoms with E-state index >= 15 is 0 Å². The highest BCUT2D eigenvalue weighted by Crippen LogP contribution is 2.17. The van der Waals surface area contributed by atoms with Crippen molar-refractivity contribution in [2.75, 3.05) is 7.05 Å². The van der Waals surface area contributed by atoms with Crippen LogP contribution in [0.15, 0.2) is 29.6 Å². The lowest BCUT2D eigenvalue weighted by atomic mass is 10.2. The van der Waals surface area contributed by atoms with Crippen molar-refractivity contribution in [2.45, 2.75) is 6.54 Å². The minimum atomic E-state index is -0.130. The molecule has 0 saturated carbocycles. The number of halogens is 2. The first-order valence-corrected chi connectivity index (χ1v) is 6.81. The van der Waals surface area contributed by atoms with E-state index in [0.29, 0.717) is 12.1 Å². The quantitative estimate of drug-likeness (QED) is 0.809. The standard InChI is InChI=1S/C12H10Cl2N2OS/c1-16(7-9-3-2-4-18-9)12(17)8-5-10(13)15-11(14)6-8/h2-6H,7H2,1H3. The van der Waals surface area contributed by atoms with Gasteiger partial charge in [0.2, 0.25) is 0 Å². The molecule has 0 bridgehead atoms. The van der Waals surface area contributed by atoms with E-state index in [1.807, 2.05) is 17.5 Å². The summed E-state index contributed by atoms with van der Waals surface area (Å²) in [5.41, 5.74) is 0.444. The van der Waals surface area contributed by atoms with Crippen LogP contribution < -0.4 is 0 Å². The van der Waals surface area contributed by atoms with Crippen LogP contribution in [-0.4, -0.2) is 22.8 Å². The Balaban J connectivity index is 2.15. The molecule has 0 fully saturated rings. The van der Waals surface area contributed by atoms with E-state index in [9.17, 15) is 4.79 Å². The number of hydrogen-bond acceptors (Lipinski definition) is 3. The molecular formula is C12H10Cl2N2OS. The van der Waals surface area contributed by atoms with Gasteiger partial charge in [0, 0.05) is 17.5 Å². The molecule has 0 aliphatic carbocycles. The predicted octanol–water partition coefficient (Wildman–Crippen LogP) is 3.72. The second-order valence-electron chi connectivity index (χ2n) is 3.74. The van der Waals surface area contributed by atoms with Gasteiger partial charge in [0.15, 0.2) is 0 Å². The Kier molecular flexibility index (Phi) is 4.22. The van der Waals surface area contributed by atoms with Crippen LogP contribution in [0.3, 0.4) is 0 Å². The van der Waals surface area contributed by atoms with Crippen LogP contribution in [0.4, 0.5) is 0 Å². The topological polar surface area (TPSA) is 33.2 Å². The van der Waals surface area contributed by atoms with Crippen molar-refractivity contribution in [1.29, 1.82) is 0 Å².